The predicted molar refractivity (Wildman–Crippen MR) is 160 cm³/mol. The van der Waals surface area contributed by atoms with Crippen molar-refractivity contribution in [1.82, 2.24) is 24.8 Å². The van der Waals surface area contributed by atoms with Crippen molar-refractivity contribution in [3.63, 3.8) is 0 Å². The van der Waals surface area contributed by atoms with Crippen LogP contribution in [0.5, 0.6) is 5.75 Å². The molecule has 1 aliphatic rings. The Hall–Kier alpha value is -4.79. The summed E-state index contributed by atoms with van der Waals surface area (Å²) in [5.74, 6) is -1.52. The lowest BCUT2D eigenvalue weighted by Gasteiger charge is -2.35. The zero-order valence-corrected chi connectivity index (χ0v) is 24.9. The van der Waals surface area contributed by atoms with Crippen LogP contribution < -0.4 is 14.4 Å². The van der Waals surface area contributed by atoms with Crippen molar-refractivity contribution in [3.05, 3.63) is 78.2 Å². The normalized spacial score (nSPS) is 14.0. The minimum absolute atomic E-state index is 0.122. The third-order valence-electron chi connectivity index (χ3n) is 7.17. The van der Waals surface area contributed by atoms with Gasteiger partial charge in [0.15, 0.2) is 11.5 Å². The molecule has 3 heterocycles. The summed E-state index contributed by atoms with van der Waals surface area (Å²) in [5.41, 5.74) is 2.00. The number of nitrogens with one attached hydrogen (secondary N) is 1. The topological polar surface area (TPSA) is 135 Å². The number of pyridine rings is 1. The third-order valence-corrected chi connectivity index (χ3v) is 8.40. The van der Waals surface area contributed by atoms with Crippen LogP contribution in [-0.2, 0) is 10.0 Å². The van der Waals surface area contributed by atoms with Crippen LogP contribution in [0.3, 0.4) is 0 Å². The maximum Gasteiger partial charge on any atom is 0.390 e. The van der Waals surface area contributed by atoms with E-state index in [1.54, 1.807) is 22.0 Å². The molecule has 5 rings (SSSR count). The van der Waals surface area contributed by atoms with Crippen LogP contribution in [0.15, 0.2) is 67.0 Å². The zero-order chi connectivity index (χ0) is 32.2. The molecule has 1 fully saturated rings. The summed E-state index contributed by atoms with van der Waals surface area (Å²) in [4.78, 5) is 33.8. The molecule has 0 unspecified atom stereocenters. The van der Waals surface area contributed by atoms with E-state index in [1.807, 2.05) is 54.3 Å². The summed E-state index contributed by atoms with van der Waals surface area (Å²) in [6.45, 7) is 4.03. The molecule has 15 heteroatoms. The molecule has 2 amide bonds. The quantitative estimate of drug-likeness (QED) is 0.287. The molecule has 1 N–H and O–H groups in total. The van der Waals surface area contributed by atoms with Crippen LogP contribution in [0.2, 0.25) is 0 Å². The summed E-state index contributed by atoms with van der Waals surface area (Å²) in [6.07, 6.45) is -2.85. The lowest BCUT2D eigenvalue weighted by atomic mass is 9.95. The van der Waals surface area contributed by atoms with E-state index in [1.165, 1.54) is 12.1 Å². The van der Waals surface area contributed by atoms with Crippen LogP contribution >= 0.6 is 0 Å². The highest BCUT2D eigenvalue weighted by atomic mass is 32.2. The Morgan fingerprint density at radius 1 is 0.956 bits per heavy atom. The van der Waals surface area contributed by atoms with Gasteiger partial charge in [0.2, 0.25) is 10.0 Å². The average molecular weight is 643 g/mol. The van der Waals surface area contributed by atoms with E-state index in [4.69, 9.17) is 4.74 Å². The van der Waals surface area contributed by atoms with E-state index in [-0.39, 0.29) is 11.6 Å². The molecule has 236 valence electrons. The number of anilines is 1. The average Bonchev–Trinajstić information content (AvgIpc) is 3.03. The molecule has 11 nitrogen and oxygen atoms in total. The van der Waals surface area contributed by atoms with E-state index in [0.717, 1.165) is 21.9 Å². The van der Waals surface area contributed by atoms with Crippen LogP contribution in [0.1, 0.15) is 34.2 Å². The fourth-order valence-corrected chi connectivity index (χ4v) is 5.96. The van der Waals surface area contributed by atoms with Gasteiger partial charge in [-0.15, -0.1) is 10.2 Å². The SMILES string of the molecule is CCOc1cncc(-c2ccc(C(=O)N3CCN(c4ccc(C(=O)NS(=O)(=O)CCC(F)(F)F)nn4)CC3)c3ccccc23)c1. The zero-order valence-electron chi connectivity index (χ0n) is 24.1. The van der Waals surface area contributed by atoms with Gasteiger partial charge < -0.3 is 14.5 Å². The number of nitrogens with zero attached hydrogens (tertiary/aromatic N) is 5. The summed E-state index contributed by atoms with van der Waals surface area (Å²) in [6, 6.07) is 16.0. The van der Waals surface area contributed by atoms with Crippen LogP contribution in [-0.4, -0.2) is 85.0 Å². The van der Waals surface area contributed by atoms with Gasteiger partial charge in [-0.25, -0.2) is 13.1 Å². The molecular weight excluding hydrogens is 613 g/mol. The van der Waals surface area contributed by atoms with Crippen molar-refractivity contribution in [2.24, 2.45) is 0 Å². The maximum absolute atomic E-state index is 13.7. The highest BCUT2D eigenvalue weighted by Crippen LogP contribution is 2.33. The van der Waals surface area contributed by atoms with E-state index >= 15 is 0 Å². The number of benzene rings is 2. The van der Waals surface area contributed by atoms with Gasteiger partial charge in [0, 0.05) is 43.5 Å². The second-order valence-electron chi connectivity index (χ2n) is 10.2. The Balaban J connectivity index is 1.24. The number of carbonyl (C=O) groups excluding carboxylic acids is 2. The van der Waals surface area contributed by atoms with Gasteiger partial charge in [0.05, 0.1) is 25.0 Å². The molecule has 0 radical (unpaired) electrons. The van der Waals surface area contributed by atoms with Crippen LogP contribution in [0, 0.1) is 0 Å². The number of piperazine rings is 1. The van der Waals surface area contributed by atoms with Crippen LogP contribution in [0.4, 0.5) is 19.0 Å². The van der Waals surface area contributed by atoms with Crippen LogP contribution in [0.25, 0.3) is 21.9 Å². The second-order valence-corrected chi connectivity index (χ2v) is 12.1. The van der Waals surface area contributed by atoms with Gasteiger partial charge in [-0.2, -0.15) is 13.2 Å². The molecule has 0 spiro atoms. The molecule has 0 aliphatic carbocycles. The fraction of sp³-hybridized carbons (Fsp3) is 0.300. The number of hydrogen-bond donors (Lipinski definition) is 1. The number of carbonyl (C=O) groups is 2. The monoisotopic (exact) mass is 642 g/mol. The first-order valence-electron chi connectivity index (χ1n) is 14.0. The van der Waals surface area contributed by atoms with Gasteiger partial charge in [-0.3, -0.25) is 14.6 Å². The summed E-state index contributed by atoms with van der Waals surface area (Å²) in [5, 5.41) is 9.45. The van der Waals surface area contributed by atoms with Gasteiger partial charge in [-0.05, 0) is 47.5 Å². The van der Waals surface area contributed by atoms with E-state index < -0.39 is 34.3 Å². The Bertz CT molecular complexity index is 1810. The first-order chi connectivity index (χ1) is 21.4. The fourth-order valence-electron chi connectivity index (χ4n) is 4.97. The standard InChI is InChI=1S/C30H29F3N6O5S/c1-2-44-21-17-20(18-34-19-21)22-7-8-25(24-6-4-3-5-23(22)24)29(41)39-14-12-38(13-15-39)27-10-9-26(35-36-27)28(40)37-45(42,43)16-11-30(31,32)33/h3-10,17-19H,2,11-16H2,1H3,(H,37,40). The number of ether oxygens (including phenoxy) is 1. The van der Waals surface area contributed by atoms with E-state index in [2.05, 4.69) is 15.2 Å². The third kappa shape index (κ3) is 7.66. The Morgan fingerprint density at radius 2 is 1.69 bits per heavy atom. The Morgan fingerprint density at radius 3 is 2.36 bits per heavy atom. The first-order valence-corrected chi connectivity index (χ1v) is 15.7. The first kappa shape index (κ1) is 31.6. The summed E-state index contributed by atoms with van der Waals surface area (Å²) < 4.78 is 67.9. The maximum atomic E-state index is 13.7. The molecule has 2 aromatic carbocycles. The number of sulfonamides is 1. The Kier molecular flexibility index (Phi) is 9.18. The van der Waals surface area contributed by atoms with Crippen molar-refractivity contribution >= 4 is 38.4 Å². The number of halogens is 3. The molecular formula is C30H29F3N6O5S. The summed E-state index contributed by atoms with van der Waals surface area (Å²) >= 11 is 0. The molecule has 1 aliphatic heterocycles. The number of amides is 2. The highest BCUT2D eigenvalue weighted by molar-refractivity contribution is 7.90. The van der Waals surface area contributed by atoms with Gasteiger partial charge >= 0.3 is 6.18 Å². The van der Waals surface area contributed by atoms with Crippen molar-refractivity contribution in [2.45, 2.75) is 19.5 Å². The van der Waals surface area contributed by atoms with Crippen molar-refractivity contribution in [1.29, 1.82) is 0 Å². The molecule has 0 saturated carbocycles. The molecule has 0 atom stereocenters. The largest absolute Gasteiger partial charge is 0.492 e. The number of aromatic nitrogens is 3. The molecule has 4 aromatic rings. The number of hydrogen-bond acceptors (Lipinski definition) is 9. The Labute approximate surface area is 257 Å². The molecule has 45 heavy (non-hydrogen) atoms. The van der Waals surface area contributed by atoms with Gasteiger partial charge in [0.25, 0.3) is 11.8 Å². The van der Waals surface area contributed by atoms with E-state index in [9.17, 15) is 31.2 Å². The lowest BCUT2D eigenvalue weighted by molar-refractivity contribution is -0.130. The molecule has 2 aromatic heterocycles. The summed E-state index contributed by atoms with van der Waals surface area (Å²) in [7, 11) is -4.51. The minimum Gasteiger partial charge on any atom is -0.492 e. The van der Waals surface area contributed by atoms with Gasteiger partial charge in [-0.1, -0.05) is 30.3 Å². The van der Waals surface area contributed by atoms with E-state index in [0.29, 0.717) is 49.9 Å². The smallest absolute Gasteiger partial charge is 0.390 e. The molecule has 0 bridgehead atoms. The van der Waals surface area contributed by atoms with Gasteiger partial charge in [0.1, 0.15) is 5.75 Å². The minimum atomic E-state index is -4.68. The number of fused-ring (bicyclic) bond motifs is 1. The predicted octanol–water partition coefficient (Wildman–Crippen LogP) is 4.06. The van der Waals surface area contributed by atoms with Crippen molar-refractivity contribution in [2.75, 3.05) is 43.4 Å². The number of rotatable bonds is 9. The second kappa shape index (κ2) is 13.1. The highest BCUT2D eigenvalue weighted by Gasteiger charge is 2.31. The van der Waals surface area contributed by atoms with Crippen molar-refractivity contribution < 1.29 is 35.9 Å². The number of alkyl halides is 3. The molecule has 1 saturated heterocycles. The van der Waals surface area contributed by atoms with Crippen molar-refractivity contribution in [3.8, 4) is 16.9 Å². The lowest BCUT2D eigenvalue weighted by Crippen LogP contribution is -2.49.